The van der Waals surface area contributed by atoms with Crippen molar-refractivity contribution in [3.05, 3.63) is 34.6 Å². The Kier molecular flexibility index (Phi) is 5.34. The van der Waals surface area contributed by atoms with E-state index in [0.29, 0.717) is 13.1 Å². The molecule has 1 amide bonds. The molecule has 2 unspecified atom stereocenters. The first-order chi connectivity index (χ1) is 9.56. The van der Waals surface area contributed by atoms with Crippen LogP contribution in [0.15, 0.2) is 18.2 Å². The Morgan fingerprint density at radius 3 is 3.10 bits per heavy atom. The van der Waals surface area contributed by atoms with E-state index in [9.17, 15) is 9.18 Å². The summed E-state index contributed by atoms with van der Waals surface area (Å²) in [5.41, 5.74) is 0.855. The molecule has 1 aromatic rings. The SMILES string of the molecule is CC(=O)NCC1CNCCC(c2ccc(F)c(Cl)c2)O1. The maximum Gasteiger partial charge on any atom is 0.216 e. The third-order valence-corrected chi connectivity index (χ3v) is 3.50. The lowest BCUT2D eigenvalue weighted by Gasteiger charge is -2.22. The molecule has 1 saturated heterocycles. The van der Waals surface area contributed by atoms with Crippen LogP contribution in [0.4, 0.5) is 4.39 Å². The van der Waals surface area contributed by atoms with Crippen LogP contribution in [0.3, 0.4) is 0 Å². The normalized spacial score (nSPS) is 23.1. The first kappa shape index (κ1) is 15.2. The van der Waals surface area contributed by atoms with Crippen LogP contribution in [0.1, 0.15) is 25.0 Å². The molecule has 2 atom stereocenters. The fourth-order valence-corrected chi connectivity index (χ4v) is 2.37. The van der Waals surface area contributed by atoms with E-state index in [1.54, 1.807) is 12.1 Å². The molecule has 20 heavy (non-hydrogen) atoms. The second-order valence-electron chi connectivity index (χ2n) is 4.85. The Morgan fingerprint density at radius 2 is 2.40 bits per heavy atom. The Balaban J connectivity index is 2.05. The van der Waals surface area contributed by atoms with Crippen LogP contribution in [0.2, 0.25) is 5.02 Å². The number of hydrogen-bond donors (Lipinski definition) is 2. The maximum atomic E-state index is 13.2. The van der Waals surface area contributed by atoms with Crippen LogP contribution in [0.25, 0.3) is 0 Å². The lowest BCUT2D eigenvalue weighted by Crippen LogP contribution is -2.37. The molecule has 0 aromatic heterocycles. The minimum absolute atomic E-state index is 0.0841. The minimum atomic E-state index is -0.433. The summed E-state index contributed by atoms with van der Waals surface area (Å²) in [5, 5.41) is 6.11. The van der Waals surface area contributed by atoms with Crippen LogP contribution in [-0.4, -0.2) is 31.6 Å². The van der Waals surface area contributed by atoms with Crippen molar-refractivity contribution in [1.29, 1.82) is 0 Å². The summed E-state index contributed by atoms with van der Waals surface area (Å²) in [5.74, 6) is -0.517. The number of carbonyl (C=O) groups is 1. The Hall–Kier alpha value is -1.17. The van der Waals surface area contributed by atoms with Gasteiger partial charge in [0.1, 0.15) is 5.82 Å². The van der Waals surface area contributed by atoms with E-state index in [0.717, 1.165) is 18.5 Å². The molecule has 2 rings (SSSR count). The maximum absolute atomic E-state index is 13.2. The van der Waals surface area contributed by atoms with Crippen LogP contribution in [0.5, 0.6) is 0 Å². The van der Waals surface area contributed by atoms with E-state index in [1.165, 1.54) is 13.0 Å². The van der Waals surface area contributed by atoms with Crippen molar-refractivity contribution in [3.8, 4) is 0 Å². The summed E-state index contributed by atoms with van der Waals surface area (Å²) in [6.45, 7) is 3.40. The monoisotopic (exact) mass is 300 g/mol. The van der Waals surface area contributed by atoms with Crippen molar-refractivity contribution >= 4 is 17.5 Å². The third kappa shape index (κ3) is 4.16. The number of halogens is 2. The summed E-state index contributed by atoms with van der Waals surface area (Å²) in [6.07, 6.45) is 0.510. The minimum Gasteiger partial charge on any atom is -0.367 e. The number of rotatable bonds is 3. The smallest absolute Gasteiger partial charge is 0.216 e. The van der Waals surface area contributed by atoms with E-state index >= 15 is 0 Å². The molecule has 4 nitrogen and oxygen atoms in total. The molecule has 0 saturated carbocycles. The number of ether oxygens (including phenoxy) is 1. The lowest BCUT2D eigenvalue weighted by molar-refractivity contribution is -0.119. The van der Waals surface area contributed by atoms with Gasteiger partial charge in [0.15, 0.2) is 0 Å². The highest BCUT2D eigenvalue weighted by Crippen LogP contribution is 2.27. The summed E-state index contributed by atoms with van der Waals surface area (Å²) in [7, 11) is 0. The van der Waals surface area contributed by atoms with Crippen molar-refractivity contribution < 1.29 is 13.9 Å². The van der Waals surface area contributed by atoms with Gasteiger partial charge in [-0.3, -0.25) is 4.79 Å². The Morgan fingerprint density at radius 1 is 1.60 bits per heavy atom. The largest absolute Gasteiger partial charge is 0.367 e. The molecule has 1 aliphatic heterocycles. The summed E-state index contributed by atoms with van der Waals surface area (Å²) in [6, 6.07) is 4.64. The summed E-state index contributed by atoms with van der Waals surface area (Å²) < 4.78 is 19.2. The van der Waals surface area contributed by atoms with Crippen LogP contribution < -0.4 is 10.6 Å². The fourth-order valence-electron chi connectivity index (χ4n) is 2.18. The molecule has 0 bridgehead atoms. The average molecular weight is 301 g/mol. The molecule has 1 aromatic carbocycles. The lowest BCUT2D eigenvalue weighted by atomic mass is 10.1. The van der Waals surface area contributed by atoms with Gasteiger partial charge in [-0.25, -0.2) is 4.39 Å². The Labute approximate surface area is 122 Å². The van der Waals surface area contributed by atoms with Crippen molar-refractivity contribution in [2.24, 2.45) is 0 Å². The van der Waals surface area contributed by atoms with Gasteiger partial charge in [0.25, 0.3) is 0 Å². The van der Waals surface area contributed by atoms with E-state index in [4.69, 9.17) is 16.3 Å². The Bertz CT molecular complexity index is 484. The second-order valence-corrected chi connectivity index (χ2v) is 5.26. The quantitative estimate of drug-likeness (QED) is 0.898. The van der Waals surface area contributed by atoms with Gasteiger partial charge in [-0.05, 0) is 30.7 Å². The number of carbonyl (C=O) groups excluding carboxylic acids is 1. The molecule has 110 valence electrons. The molecule has 6 heteroatoms. The van der Waals surface area contributed by atoms with Gasteiger partial charge in [-0.2, -0.15) is 0 Å². The van der Waals surface area contributed by atoms with Gasteiger partial charge in [-0.1, -0.05) is 17.7 Å². The average Bonchev–Trinajstić information content (AvgIpc) is 2.65. The molecular weight excluding hydrogens is 283 g/mol. The highest BCUT2D eigenvalue weighted by molar-refractivity contribution is 6.30. The van der Waals surface area contributed by atoms with Crippen molar-refractivity contribution in [2.45, 2.75) is 25.6 Å². The van der Waals surface area contributed by atoms with Crippen LogP contribution in [0, 0.1) is 5.82 Å². The second kappa shape index (κ2) is 7.02. The van der Waals surface area contributed by atoms with Crippen LogP contribution in [-0.2, 0) is 9.53 Å². The van der Waals surface area contributed by atoms with E-state index < -0.39 is 5.82 Å². The van der Waals surface area contributed by atoms with E-state index in [-0.39, 0.29) is 23.1 Å². The van der Waals surface area contributed by atoms with Gasteiger partial charge in [0.2, 0.25) is 5.91 Å². The molecule has 0 spiro atoms. The standard InChI is InChI=1S/C14H18ClFN2O2/c1-9(19)18-8-11-7-17-5-4-14(20-11)10-2-3-13(16)12(15)6-10/h2-3,6,11,14,17H,4-5,7-8H2,1H3,(H,18,19). The predicted octanol–water partition coefficient (Wildman–Crippen LogP) is 2.03. The molecular formula is C14H18ClFN2O2. The van der Waals surface area contributed by atoms with Gasteiger partial charge in [-0.15, -0.1) is 0 Å². The summed E-state index contributed by atoms with van der Waals surface area (Å²) in [4.78, 5) is 11.0. The van der Waals surface area contributed by atoms with E-state index in [2.05, 4.69) is 10.6 Å². The first-order valence-corrected chi connectivity index (χ1v) is 6.99. The number of nitrogens with one attached hydrogen (secondary N) is 2. The number of hydrogen-bond acceptors (Lipinski definition) is 3. The highest BCUT2D eigenvalue weighted by Gasteiger charge is 2.22. The summed E-state index contributed by atoms with van der Waals surface area (Å²) >= 11 is 5.81. The third-order valence-electron chi connectivity index (χ3n) is 3.21. The number of benzene rings is 1. The van der Waals surface area contributed by atoms with Crippen LogP contribution >= 0.6 is 11.6 Å². The zero-order valence-corrected chi connectivity index (χ0v) is 12.0. The molecule has 1 aliphatic rings. The highest BCUT2D eigenvalue weighted by atomic mass is 35.5. The molecule has 0 radical (unpaired) electrons. The van der Waals surface area contributed by atoms with Gasteiger partial charge in [0.05, 0.1) is 17.2 Å². The van der Waals surface area contributed by atoms with Gasteiger partial charge < -0.3 is 15.4 Å². The zero-order chi connectivity index (χ0) is 14.5. The zero-order valence-electron chi connectivity index (χ0n) is 11.3. The van der Waals surface area contributed by atoms with Gasteiger partial charge >= 0.3 is 0 Å². The fraction of sp³-hybridized carbons (Fsp3) is 0.500. The predicted molar refractivity (Wildman–Crippen MR) is 75.2 cm³/mol. The van der Waals surface area contributed by atoms with Crippen molar-refractivity contribution in [1.82, 2.24) is 10.6 Å². The molecule has 2 N–H and O–H groups in total. The number of amides is 1. The molecule has 1 heterocycles. The van der Waals surface area contributed by atoms with E-state index in [1.807, 2.05) is 0 Å². The topological polar surface area (TPSA) is 50.4 Å². The first-order valence-electron chi connectivity index (χ1n) is 6.62. The van der Waals surface area contributed by atoms with Crippen molar-refractivity contribution in [3.63, 3.8) is 0 Å². The molecule has 0 aliphatic carbocycles. The van der Waals surface area contributed by atoms with Crippen molar-refractivity contribution in [2.75, 3.05) is 19.6 Å². The molecule has 1 fully saturated rings. The van der Waals surface area contributed by atoms with Gasteiger partial charge in [0, 0.05) is 20.0 Å².